The van der Waals surface area contributed by atoms with Gasteiger partial charge in [-0.25, -0.2) is 4.79 Å². The van der Waals surface area contributed by atoms with Gasteiger partial charge in [0.1, 0.15) is 5.75 Å². The van der Waals surface area contributed by atoms with Gasteiger partial charge in [0.05, 0.1) is 18.4 Å². The number of methoxy groups -OCH3 is 1. The lowest BCUT2D eigenvalue weighted by Gasteiger charge is -2.25. The van der Waals surface area contributed by atoms with Crippen LogP contribution in [0, 0.1) is 5.92 Å². The lowest BCUT2D eigenvalue weighted by atomic mass is 10.1. The predicted octanol–water partition coefficient (Wildman–Crippen LogP) is 1.78. The Morgan fingerprint density at radius 1 is 1.55 bits per heavy atom. The second-order valence-electron chi connectivity index (χ2n) is 5.49. The third-order valence-corrected chi connectivity index (χ3v) is 3.87. The summed E-state index contributed by atoms with van der Waals surface area (Å²) in [6.45, 7) is 3.04. The minimum absolute atomic E-state index is 0.319. The summed E-state index contributed by atoms with van der Waals surface area (Å²) in [5.41, 5.74) is 1.03. The summed E-state index contributed by atoms with van der Waals surface area (Å²) in [5, 5.41) is 9.31. The topological polar surface area (TPSA) is 53.0 Å². The zero-order chi connectivity index (χ0) is 14.7. The van der Waals surface area contributed by atoms with E-state index in [1.807, 2.05) is 11.9 Å². The largest absolute Gasteiger partial charge is 0.497 e. The molecule has 1 aromatic carbocycles. The number of anilines is 1. The lowest BCUT2D eigenvalue weighted by molar-refractivity contribution is 0.0697. The Bertz CT molecular complexity index is 490. The first-order chi connectivity index (χ1) is 9.51. The molecule has 1 atom stereocenters. The van der Waals surface area contributed by atoms with E-state index < -0.39 is 5.97 Å². The molecule has 0 aliphatic carbocycles. The quantitative estimate of drug-likeness (QED) is 0.890. The number of likely N-dealkylation sites (tertiary alicyclic amines) is 1. The molecule has 1 saturated heterocycles. The molecule has 1 aliphatic rings. The Kier molecular flexibility index (Phi) is 4.49. The number of hydrogen-bond acceptors (Lipinski definition) is 4. The second-order valence-corrected chi connectivity index (χ2v) is 5.49. The minimum atomic E-state index is -0.905. The molecule has 0 aromatic heterocycles. The van der Waals surface area contributed by atoms with E-state index in [2.05, 4.69) is 11.9 Å². The average molecular weight is 278 g/mol. The van der Waals surface area contributed by atoms with Crippen LogP contribution < -0.4 is 9.64 Å². The van der Waals surface area contributed by atoms with Gasteiger partial charge in [-0.15, -0.1) is 0 Å². The fourth-order valence-corrected chi connectivity index (χ4v) is 2.80. The van der Waals surface area contributed by atoms with Crippen molar-refractivity contribution in [3.63, 3.8) is 0 Å². The van der Waals surface area contributed by atoms with Gasteiger partial charge in [-0.2, -0.15) is 0 Å². The predicted molar refractivity (Wildman–Crippen MR) is 78.8 cm³/mol. The molecule has 2 rings (SSSR count). The van der Waals surface area contributed by atoms with Crippen LogP contribution in [0.4, 0.5) is 5.69 Å². The average Bonchev–Trinajstić information content (AvgIpc) is 2.83. The van der Waals surface area contributed by atoms with Crippen LogP contribution in [0.15, 0.2) is 18.2 Å². The summed E-state index contributed by atoms with van der Waals surface area (Å²) in [7, 11) is 5.65. The maximum Gasteiger partial charge on any atom is 0.337 e. The van der Waals surface area contributed by atoms with Crippen LogP contribution >= 0.6 is 0 Å². The van der Waals surface area contributed by atoms with Crippen molar-refractivity contribution in [1.82, 2.24) is 4.90 Å². The first-order valence-electron chi connectivity index (χ1n) is 6.82. The molecule has 0 spiro atoms. The number of benzene rings is 1. The number of carboxylic acid groups (broad SMARTS) is 1. The molecule has 110 valence electrons. The highest BCUT2D eigenvalue weighted by molar-refractivity contribution is 5.94. The Labute approximate surface area is 119 Å². The van der Waals surface area contributed by atoms with Crippen molar-refractivity contribution in [2.24, 2.45) is 5.92 Å². The van der Waals surface area contributed by atoms with Crippen LogP contribution in [0.1, 0.15) is 16.8 Å². The highest BCUT2D eigenvalue weighted by atomic mass is 16.5. The van der Waals surface area contributed by atoms with Gasteiger partial charge in [0.25, 0.3) is 0 Å². The van der Waals surface area contributed by atoms with E-state index in [1.54, 1.807) is 25.3 Å². The number of nitrogens with zero attached hydrogens (tertiary/aromatic N) is 2. The van der Waals surface area contributed by atoms with E-state index in [9.17, 15) is 9.90 Å². The molecular formula is C15H22N2O3. The summed E-state index contributed by atoms with van der Waals surface area (Å²) in [4.78, 5) is 15.7. The maximum absolute atomic E-state index is 11.3. The van der Waals surface area contributed by atoms with Crippen molar-refractivity contribution in [2.75, 3.05) is 45.7 Å². The smallest absolute Gasteiger partial charge is 0.337 e. The van der Waals surface area contributed by atoms with E-state index in [0.717, 1.165) is 26.1 Å². The number of aromatic carboxylic acids is 1. The zero-order valence-corrected chi connectivity index (χ0v) is 12.3. The van der Waals surface area contributed by atoms with Crippen LogP contribution in [0.5, 0.6) is 5.75 Å². The standard InChI is InChI=1S/C15H22N2O3/c1-16-7-6-11(9-16)10-17(2)14-8-12(20-3)4-5-13(14)15(18)19/h4-5,8,11H,6-7,9-10H2,1-3H3,(H,18,19). The van der Waals surface area contributed by atoms with Crippen molar-refractivity contribution < 1.29 is 14.6 Å². The number of carbonyl (C=O) groups is 1. The molecule has 0 radical (unpaired) electrons. The summed E-state index contributed by atoms with van der Waals surface area (Å²) >= 11 is 0. The van der Waals surface area contributed by atoms with Gasteiger partial charge in [-0.3, -0.25) is 0 Å². The molecule has 1 fully saturated rings. The van der Waals surface area contributed by atoms with Gasteiger partial charge in [0.15, 0.2) is 0 Å². The highest BCUT2D eigenvalue weighted by Crippen LogP contribution is 2.27. The summed E-state index contributed by atoms with van der Waals surface area (Å²) < 4.78 is 5.20. The Balaban J connectivity index is 2.18. The Morgan fingerprint density at radius 3 is 2.85 bits per heavy atom. The first-order valence-corrected chi connectivity index (χ1v) is 6.82. The van der Waals surface area contributed by atoms with E-state index in [1.165, 1.54) is 0 Å². The van der Waals surface area contributed by atoms with Crippen molar-refractivity contribution in [1.29, 1.82) is 0 Å². The zero-order valence-electron chi connectivity index (χ0n) is 12.3. The maximum atomic E-state index is 11.3. The highest BCUT2D eigenvalue weighted by Gasteiger charge is 2.23. The molecule has 1 heterocycles. The van der Waals surface area contributed by atoms with Crippen molar-refractivity contribution in [3.8, 4) is 5.75 Å². The fourth-order valence-electron chi connectivity index (χ4n) is 2.80. The first kappa shape index (κ1) is 14.7. The molecular weight excluding hydrogens is 256 g/mol. The van der Waals surface area contributed by atoms with Crippen LogP contribution in [-0.4, -0.2) is 56.8 Å². The molecule has 1 aromatic rings. The molecule has 1 N–H and O–H groups in total. The molecule has 5 heteroatoms. The van der Waals surface area contributed by atoms with Crippen molar-refractivity contribution >= 4 is 11.7 Å². The molecule has 1 aliphatic heterocycles. The minimum Gasteiger partial charge on any atom is -0.497 e. The normalized spacial score (nSPS) is 19.1. The third-order valence-electron chi connectivity index (χ3n) is 3.87. The summed E-state index contributed by atoms with van der Waals surface area (Å²) in [6, 6.07) is 5.08. The Hall–Kier alpha value is -1.75. The molecule has 0 amide bonds. The number of rotatable bonds is 5. The van der Waals surface area contributed by atoms with Gasteiger partial charge in [-0.05, 0) is 38.1 Å². The van der Waals surface area contributed by atoms with E-state index in [0.29, 0.717) is 22.9 Å². The van der Waals surface area contributed by atoms with Gasteiger partial charge in [0, 0.05) is 26.2 Å². The van der Waals surface area contributed by atoms with Crippen molar-refractivity contribution in [2.45, 2.75) is 6.42 Å². The number of carboxylic acids is 1. The SMILES string of the molecule is COc1ccc(C(=O)O)c(N(C)CC2CCN(C)C2)c1. The molecule has 0 bridgehead atoms. The lowest BCUT2D eigenvalue weighted by Crippen LogP contribution is -2.28. The van der Waals surface area contributed by atoms with Crippen LogP contribution in [0.2, 0.25) is 0 Å². The number of hydrogen-bond donors (Lipinski definition) is 1. The number of ether oxygens (including phenoxy) is 1. The molecule has 5 nitrogen and oxygen atoms in total. The fraction of sp³-hybridized carbons (Fsp3) is 0.533. The Morgan fingerprint density at radius 2 is 2.30 bits per heavy atom. The van der Waals surface area contributed by atoms with Crippen molar-refractivity contribution in [3.05, 3.63) is 23.8 Å². The van der Waals surface area contributed by atoms with E-state index in [4.69, 9.17) is 4.74 Å². The van der Waals surface area contributed by atoms with Crippen LogP contribution in [0.3, 0.4) is 0 Å². The van der Waals surface area contributed by atoms with E-state index >= 15 is 0 Å². The van der Waals surface area contributed by atoms with Gasteiger partial charge in [-0.1, -0.05) is 0 Å². The van der Waals surface area contributed by atoms with Crippen LogP contribution in [-0.2, 0) is 0 Å². The summed E-state index contributed by atoms with van der Waals surface area (Å²) in [6.07, 6.45) is 1.16. The van der Waals surface area contributed by atoms with Gasteiger partial charge < -0.3 is 19.6 Å². The monoisotopic (exact) mass is 278 g/mol. The molecule has 0 saturated carbocycles. The molecule has 20 heavy (non-hydrogen) atoms. The summed E-state index contributed by atoms with van der Waals surface area (Å²) in [5.74, 6) is 0.358. The van der Waals surface area contributed by atoms with Gasteiger partial charge in [0.2, 0.25) is 0 Å². The molecule has 1 unspecified atom stereocenters. The van der Waals surface area contributed by atoms with Gasteiger partial charge >= 0.3 is 5.97 Å². The second kappa shape index (κ2) is 6.13. The third kappa shape index (κ3) is 3.22. The van der Waals surface area contributed by atoms with Crippen LogP contribution in [0.25, 0.3) is 0 Å². The van der Waals surface area contributed by atoms with E-state index in [-0.39, 0.29) is 0 Å².